The van der Waals surface area contributed by atoms with Crippen molar-refractivity contribution < 1.29 is 19.4 Å². The Morgan fingerprint density at radius 3 is 2.76 bits per heavy atom. The van der Waals surface area contributed by atoms with E-state index in [1.165, 1.54) is 5.56 Å². The summed E-state index contributed by atoms with van der Waals surface area (Å²) in [6.07, 6.45) is 8.56. The Bertz CT molecular complexity index is 903. The number of aromatic nitrogens is 1. The van der Waals surface area contributed by atoms with E-state index in [0.717, 1.165) is 82.5 Å². The second kappa shape index (κ2) is 14.7. The van der Waals surface area contributed by atoms with Gasteiger partial charge in [-0.2, -0.15) is 0 Å². The van der Waals surface area contributed by atoms with Gasteiger partial charge in [-0.15, -0.1) is 0 Å². The first kappa shape index (κ1) is 30.2. The van der Waals surface area contributed by atoms with Crippen LogP contribution in [0.3, 0.4) is 0 Å². The molecule has 0 aliphatic carbocycles. The minimum atomic E-state index is -0.985. The zero-order chi connectivity index (χ0) is 27.5. The molecule has 2 amide bonds. The molecule has 38 heavy (non-hydrogen) atoms. The Kier molecular flexibility index (Phi) is 11.6. The lowest BCUT2D eigenvalue weighted by molar-refractivity contribution is -0.139. The molecule has 1 fully saturated rings. The van der Waals surface area contributed by atoms with Crippen LogP contribution in [0.1, 0.15) is 83.9 Å². The summed E-state index contributed by atoms with van der Waals surface area (Å²) in [4.78, 5) is 33.6. The van der Waals surface area contributed by atoms with Crippen molar-refractivity contribution in [2.75, 3.05) is 44.6 Å². The number of carbonyl (C=O) groups excluding carboxylic acids is 1. The molecule has 0 saturated carbocycles. The lowest BCUT2D eigenvalue weighted by atomic mass is 10.0. The predicted octanol–water partition coefficient (Wildman–Crippen LogP) is 4.31. The van der Waals surface area contributed by atoms with Crippen molar-refractivity contribution in [3.05, 3.63) is 23.4 Å². The Morgan fingerprint density at radius 1 is 1.21 bits per heavy atom. The fourth-order valence-electron chi connectivity index (χ4n) is 5.17. The third kappa shape index (κ3) is 10.1. The summed E-state index contributed by atoms with van der Waals surface area (Å²) < 4.78 is 5.95. The first-order chi connectivity index (χ1) is 18.1. The van der Waals surface area contributed by atoms with Gasteiger partial charge in [0.2, 0.25) is 0 Å². The first-order valence-electron chi connectivity index (χ1n) is 14.5. The maximum atomic E-state index is 12.8. The van der Waals surface area contributed by atoms with E-state index in [0.29, 0.717) is 26.1 Å². The highest BCUT2D eigenvalue weighted by molar-refractivity contribution is 5.82. The van der Waals surface area contributed by atoms with Crippen molar-refractivity contribution in [3.8, 4) is 0 Å². The van der Waals surface area contributed by atoms with Crippen molar-refractivity contribution >= 4 is 17.8 Å². The quantitative estimate of drug-likeness (QED) is 0.326. The maximum Gasteiger partial charge on any atom is 0.326 e. The van der Waals surface area contributed by atoms with Gasteiger partial charge in [0.25, 0.3) is 0 Å². The van der Waals surface area contributed by atoms with Crippen LogP contribution in [0.25, 0.3) is 0 Å². The first-order valence-corrected chi connectivity index (χ1v) is 14.5. The number of pyridine rings is 1. The topological polar surface area (TPSA) is 107 Å². The van der Waals surface area contributed by atoms with Gasteiger partial charge in [-0.05, 0) is 104 Å². The Labute approximate surface area is 228 Å². The van der Waals surface area contributed by atoms with Crippen LogP contribution >= 0.6 is 0 Å². The third-order valence-electron chi connectivity index (χ3n) is 7.45. The van der Waals surface area contributed by atoms with E-state index in [1.807, 2.05) is 27.7 Å². The summed E-state index contributed by atoms with van der Waals surface area (Å²) in [6.45, 7) is 12.6. The smallest absolute Gasteiger partial charge is 0.326 e. The fraction of sp³-hybridized carbons (Fsp3) is 0.759. The number of carboxylic acid groups (broad SMARTS) is 1. The Morgan fingerprint density at radius 2 is 2.03 bits per heavy atom. The number of aliphatic carboxylic acids is 1. The summed E-state index contributed by atoms with van der Waals surface area (Å²) in [5.41, 5.74) is 2.20. The average Bonchev–Trinajstić information content (AvgIpc) is 2.87. The van der Waals surface area contributed by atoms with Crippen LogP contribution in [-0.2, 0) is 22.4 Å². The fourth-order valence-corrected chi connectivity index (χ4v) is 5.17. The number of fused-ring (bicyclic) bond motifs is 1. The van der Waals surface area contributed by atoms with E-state index in [9.17, 15) is 14.7 Å². The van der Waals surface area contributed by atoms with Gasteiger partial charge < -0.3 is 30.3 Å². The molecule has 3 heterocycles. The number of carboxylic acids is 1. The lowest BCUT2D eigenvalue weighted by Crippen LogP contribution is -2.52. The molecule has 0 bridgehead atoms. The van der Waals surface area contributed by atoms with Crippen LogP contribution in [0.4, 0.5) is 10.6 Å². The second-order valence-electron chi connectivity index (χ2n) is 11.8. The summed E-state index contributed by atoms with van der Waals surface area (Å²) in [6, 6.07) is 3.31. The number of unbranched alkanes of at least 4 members (excludes halogenated alkanes) is 1. The number of rotatable bonds is 13. The molecule has 0 radical (unpaired) electrons. The number of anilines is 1. The van der Waals surface area contributed by atoms with E-state index < -0.39 is 12.0 Å². The summed E-state index contributed by atoms with van der Waals surface area (Å²) in [7, 11) is 0. The van der Waals surface area contributed by atoms with Gasteiger partial charge in [0.1, 0.15) is 11.9 Å². The highest BCUT2D eigenvalue weighted by Gasteiger charge is 2.28. The highest BCUT2D eigenvalue weighted by Crippen LogP contribution is 2.20. The zero-order valence-corrected chi connectivity index (χ0v) is 23.9. The van der Waals surface area contributed by atoms with Crippen LogP contribution < -0.4 is 10.6 Å². The van der Waals surface area contributed by atoms with E-state index in [1.54, 1.807) is 4.90 Å². The second-order valence-corrected chi connectivity index (χ2v) is 11.8. The summed E-state index contributed by atoms with van der Waals surface area (Å²) >= 11 is 0. The number of nitrogens with zero attached hydrogens (tertiary/aromatic N) is 3. The maximum absolute atomic E-state index is 12.8. The molecule has 2 aliphatic rings. The molecule has 1 aromatic rings. The molecule has 214 valence electrons. The normalized spacial score (nSPS) is 18.6. The monoisotopic (exact) mass is 531 g/mol. The molecule has 1 aromatic heterocycles. The number of aryl methyl sites for hydroxylation is 2. The molecule has 2 aliphatic heterocycles. The molecule has 9 heteroatoms. The lowest BCUT2D eigenvalue weighted by Gasteiger charge is -2.34. The number of likely N-dealkylation sites (tertiary alicyclic amines) is 1. The van der Waals surface area contributed by atoms with E-state index in [4.69, 9.17) is 9.72 Å². The largest absolute Gasteiger partial charge is 0.480 e. The molecule has 9 nitrogen and oxygen atoms in total. The molecule has 2 atom stereocenters. The summed E-state index contributed by atoms with van der Waals surface area (Å²) in [5, 5.41) is 16.0. The van der Waals surface area contributed by atoms with Gasteiger partial charge in [-0.25, -0.2) is 14.6 Å². The predicted molar refractivity (Wildman–Crippen MR) is 151 cm³/mol. The molecule has 0 spiro atoms. The van der Waals surface area contributed by atoms with Gasteiger partial charge in [-0.3, -0.25) is 0 Å². The van der Waals surface area contributed by atoms with E-state index >= 15 is 0 Å². The van der Waals surface area contributed by atoms with Gasteiger partial charge in [0, 0.05) is 37.9 Å². The number of hydrogen-bond donors (Lipinski definition) is 3. The standard InChI is InChI=1S/C29H49N5O4/c1-22-10-5-8-18-34(22)28(37)32-25(27(35)36)15-19-33(20-21-38-29(2,3)4)17-7-6-12-24-14-13-23-11-9-16-30-26(23)31-24/h13-14,22,25H,5-12,15-21H2,1-4H3,(H,30,31)(H,32,37)(H,35,36). The van der Waals surface area contributed by atoms with Crippen LogP contribution in [0, 0.1) is 0 Å². The summed E-state index contributed by atoms with van der Waals surface area (Å²) in [5.74, 6) is 0.0522. The number of nitrogens with one attached hydrogen (secondary N) is 2. The van der Waals surface area contributed by atoms with Gasteiger partial charge in [-0.1, -0.05) is 6.07 Å². The highest BCUT2D eigenvalue weighted by atomic mass is 16.5. The van der Waals surface area contributed by atoms with Crippen LogP contribution in [-0.4, -0.2) is 88.9 Å². The van der Waals surface area contributed by atoms with Crippen molar-refractivity contribution in [1.29, 1.82) is 0 Å². The molecule has 2 unspecified atom stereocenters. The van der Waals surface area contributed by atoms with Crippen LogP contribution in [0.2, 0.25) is 0 Å². The molecule has 0 aromatic carbocycles. The van der Waals surface area contributed by atoms with Crippen LogP contribution in [0.5, 0.6) is 0 Å². The van der Waals surface area contributed by atoms with Gasteiger partial charge in [0.15, 0.2) is 0 Å². The number of hydrogen-bond acceptors (Lipinski definition) is 6. The number of piperidine rings is 1. The van der Waals surface area contributed by atoms with Crippen molar-refractivity contribution in [3.63, 3.8) is 0 Å². The van der Waals surface area contributed by atoms with E-state index in [2.05, 4.69) is 27.7 Å². The molecule has 3 N–H and O–H groups in total. The molecular weight excluding hydrogens is 482 g/mol. The van der Waals surface area contributed by atoms with Crippen molar-refractivity contribution in [2.45, 2.75) is 103 Å². The number of urea groups is 1. The molecule has 1 saturated heterocycles. The Hall–Kier alpha value is -2.39. The third-order valence-corrected chi connectivity index (χ3v) is 7.45. The molecule has 3 rings (SSSR count). The SMILES string of the molecule is CC1CCCCN1C(=O)NC(CCN(CCCCc1ccc2c(n1)NCCC2)CCOC(C)(C)C)C(=O)O. The number of ether oxygens (including phenoxy) is 1. The average molecular weight is 532 g/mol. The van der Waals surface area contributed by atoms with Gasteiger partial charge >= 0.3 is 12.0 Å². The Balaban J connectivity index is 1.50. The van der Waals surface area contributed by atoms with Crippen molar-refractivity contribution in [1.82, 2.24) is 20.1 Å². The minimum absolute atomic E-state index is 0.143. The number of carbonyl (C=O) groups is 2. The number of amides is 2. The zero-order valence-electron chi connectivity index (χ0n) is 23.9. The minimum Gasteiger partial charge on any atom is -0.480 e. The van der Waals surface area contributed by atoms with E-state index in [-0.39, 0.29) is 17.7 Å². The van der Waals surface area contributed by atoms with Crippen molar-refractivity contribution in [2.24, 2.45) is 0 Å². The van der Waals surface area contributed by atoms with Gasteiger partial charge in [0.05, 0.1) is 12.2 Å². The van der Waals surface area contributed by atoms with Crippen LogP contribution in [0.15, 0.2) is 12.1 Å². The molecular formula is C29H49N5O4.